The Balaban J connectivity index is 1.70. The number of anilines is 2. The molecule has 3 aromatic carbocycles. The summed E-state index contributed by atoms with van der Waals surface area (Å²) >= 11 is 18.6. The van der Waals surface area contributed by atoms with E-state index in [1.165, 1.54) is 36.4 Å². The molecule has 0 aromatic heterocycles. The van der Waals surface area contributed by atoms with Crippen LogP contribution in [0.4, 0.5) is 17.1 Å². The van der Waals surface area contributed by atoms with Gasteiger partial charge in [-0.25, -0.2) is 0 Å². The van der Waals surface area contributed by atoms with Crippen molar-refractivity contribution in [1.82, 2.24) is 0 Å². The van der Waals surface area contributed by atoms with Crippen molar-refractivity contribution in [3.8, 4) is 11.8 Å². The van der Waals surface area contributed by atoms with E-state index in [1.807, 2.05) is 6.92 Å². The van der Waals surface area contributed by atoms with Crippen LogP contribution < -0.4 is 15.4 Å². The van der Waals surface area contributed by atoms with Gasteiger partial charge in [-0.15, -0.1) is 0 Å². The smallest absolute Gasteiger partial charge is 0.271 e. The fourth-order valence-electron chi connectivity index (χ4n) is 3.02. The summed E-state index contributed by atoms with van der Waals surface area (Å²) in [5.74, 6) is -1.22. The van der Waals surface area contributed by atoms with E-state index >= 15 is 0 Å². The molecule has 2 amide bonds. The molecular weight excluding hydrogens is 543 g/mol. The number of nitrogens with zero attached hydrogens (tertiary/aromatic N) is 2. The first-order chi connectivity index (χ1) is 17.6. The highest BCUT2D eigenvalue weighted by Gasteiger charge is 2.15. The molecule has 0 saturated carbocycles. The van der Waals surface area contributed by atoms with Crippen molar-refractivity contribution >= 4 is 69.8 Å². The summed E-state index contributed by atoms with van der Waals surface area (Å²) in [5, 5.41) is 26.0. The van der Waals surface area contributed by atoms with Crippen LogP contribution in [-0.4, -0.2) is 23.3 Å². The molecular formula is C25H17Cl3N4O5. The first-order valence-electron chi connectivity index (χ1n) is 10.4. The van der Waals surface area contributed by atoms with Crippen LogP contribution in [0.5, 0.6) is 5.75 Å². The number of hydrogen-bond donors (Lipinski definition) is 2. The lowest BCUT2D eigenvalue weighted by Gasteiger charge is -2.12. The number of halogens is 3. The minimum atomic E-state index is -0.788. The average molecular weight is 560 g/mol. The molecule has 0 aliphatic heterocycles. The lowest BCUT2D eigenvalue weighted by Crippen LogP contribution is -2.20. The van der Waals surface area contributed by atoms with E-state index < -0.39 is 23.3 Å². The van der Waals surface area contributed by atoms with Gasteiger partial charge in [-0.2, -0.15) is 5.26 Å². The van der Waals surface area contributed by atoms with Gasteiger partial charge in [0.2, 0.25) is 0 Å². The van der Waals surface area contributed by atoms with Crippen molar-refractivity contribution < 1.29 is 19.2 Å². The molecule has 0 heterocycles. The Bertz CT molecular complexity index is 1440. The van der Waals surface area contributed by atoms with Crippen LogP contribution in [0, 0.1) is 28.4 Å². The second-order valence-corrected chi connectivity index (χ2v) is 8.77. The Morgan fingerprint density at radius 1 is 1.03 bits per heavy atom. The largest absolute Gasteiger partial charge is 0.481 e. The fourth-order valence-corrected chi connectivity index (χ4v) is 3.81. The van der Waals surface area contributed by atoms with Crippen LogP contribution in [0.3, 0.4) is 0 Å². The van der Waals surface area contributed by atoms with E-state index in [2.05, 4.69) is 10.6 Å². The number of nitriles is 1. The van der Waals surface area contributed by atoms with Gasteiger partial charge in [0.25, 0.3) is 17.5 Å². The van der Waals surface area contributed by atoms with E-state index in [0.29, 0.717) is 16.3 Å². The number of hydrogen-bond acceptors (Lipinski definition) is 6. The van der Waals surface area contributed by atoms with Gasteiger partial charge < -0.3 is 15.4 Å². The first kappa shape index (κ1) is 27.5. The maximum atomic E-state index is 12.5. The third kappa shape index (κ3) is 7.44. The van der Waals surface area contributed by atoms with Gasteiger partial charge in [-0.05, 0) is 54.5 Å². The second-order valence-electron chi connectivity index (χ2n) is 7.55. The van der Waals surface area contributed by atoms with E-state index in [0.717, 1.165) is 11.6 Å². The van der Waals surface area contributed by atoms with Crippen molar-refractivity contribution in [2.75, 3.05) is 17.2 Å². The zero-order valence-electron chi connectivity index (χ0n) is 19.1. The summed E-state index contributed by atoms with van der Waals surface area (Å²) in [4.78, 5) is 35.1. The van der Waals surface area contributed by atoms with Crippen molar-refractivity contribution in [1.29, 1.82) is 5.26 Å². The Labute approximate surface area is 226 Å². The van der Waals surface area contributed by atoms with E-state index in [1.54, 1.807) is 24.3 Å². The summed E-state index contributed by atoms with van der Waals surface area (Å²) in [6.45, 7) is 1.44. The molecule has 188 valence electrons. The molecule has 12 heteroatoms. The summed E-state index contributed by atoms with van der Waals surface area (Å²) in [6.07, 6.45) is 1.24. The highest BCUT2D eigenvalue weighted by molar-refractivity contribution is 6.37. The van der Waals surface area contributed by atoms with Crippen molar-refractivity contribution in [2.24, 2.45) is 0 Å². The van der Waals surface area contributed by atoms with Crippen LogP contribution in [0.25, 0.3) is 6.08 Å². The molecule has 0 spiro atoms. The molecule has 0 bridgehead atoms. The quantitative estimate of drug-likeness (QED) is 0.141. The predicted octanol–water partition coefficient (Wildman–Crippen LogP) is 6.43. The molecule has 0 saturated heterocycles. The van der Waals surface area contributed by atoms with Crippen LogP contribution in [0.15, 0.2) is 60.2 Å². The topological polar surface area (TPSA) is 134 Å². The molecule has 3 rings (SSSR count). The summed E-state index contributed by atoms with van der Waals surface area (Å²) in [5.41, 5.74) is 1.30. The molecule has 3 aromatic rings. The predicted molar refractivity (Wildman–Crippen MR) is 142 cm³/mol. The number of ether oxygens (including phenoxy) is 1. The van der Waals surface area contributed by atoms with Crippen LogP contribution in [0.2, 0.25) is 15.1 Å². The highest BCUT2D eigenvalue weighted by atomic mass is 35.5. The second kappa shape index (κ2) is 12.2. The standard InChI is InChI=1S/C25H17Cl3N4O5/c1-14-5-6-18(11-20(14)26)30-23(33)13-37-24-21(27)8-15(9-22(24)28)7-16(12-29)25(34)31-17-3-2-4-19(10-17)32(35)36/h2-11H,13H2,1H3,(H,30,33)(H,31,34)/b16-7-. The number of carbonyl (C=O) groups excluding carboxylic acids is 2. The van der Waals surface area contributed by atoms with E-state index in [4.69, 9.17) is 39.5 Å². The lowest BCUT2D eigenvalue weighted by molar-refractivity contribution is -0.384. The average Bonchev–Trinajstić information content (AvgIpc) is 2.84. The summed E-state index contributed by atoms with van der Waals surface area (Å²) < 4.78 is 5.47. The molecule has 0 radical (unpaired) electrons. The molecule has 0 aliphatic rings. The Kier molecular flexibility index (Phi) is 9.09. The van der Waals surface area contributed by atoms with Gasteiger partial charge in [0.05, 0.1) is 15.0 Å². The molecule has 0 unspecified atom stereocenters. The zero-order chi connectivity index (χ0) is 27.1. The molecule has 37 heavy (non-hydrogen) atoms. The van der Waals surface area contributed by atoms with Crippen molar-refractivity contribution in [2.45, 2.75) is 6.92 Å². The number of aryl methyl sites for hydroxylation is 1. The minimum absolute atomic E-state index is 0.0390. The number of nitrogens with one attached hydrogen (secondary N) is 2. The summed E-state index contributed by atoms with van der Waals surface area (Å²) in [7, 11) is 0. The maximum Gasteiger partial charge on any atom is 0.271 e. The minimum Gasteiger partial charge on any atom is -0.481 e. The Morgan fingerprint density at radius 2 is 1.70 bits per heavy atom. The fraction of sp³-hybridized carbons (Fsp3) is 0.0800. The third-order valence-electron chi connectivity index (χ3n) is 4.81. The van der Waals surface area contributed by atoms with Gasteiger partial charge in [-0.1, -0.05) is 46.9 Å². The van der Waals surface area contributed by atoms with E-state index in [9.17, 15) is 25.0 Å². The van der Waals surface area contributed by atoms with Crippen LogP contribution >= 0.6 is 34.8 Å². The van der Waals surface area contributed by atoms with Crippen molar-refractivity contribution in [3.63, 3.8) is 0 Å². The normalized spacial score (nSPS) is 10.8. The number of benzene rings is 3. The lowest BCUT2D eigenvalue weighted by atomic mass is 10.1. The molecule has 2 N–H and O–H groups in total. The number of nitro groups is 1. The number of rotatable bonds is 8. The SMILES string of the molecule is Cc1ccc(NC(=O)COc2c(Cl)cc(/C=C(/C#N)C(=O)Nc3cccc([N+](=O)[O-])c3)cc2Cl)cc1Cl. The molecule has 0 aliphatic carbocycles. The monoisotopic (exact) mass is 558 g/mol. The number of carbonyl (C=O) groups is 2. The summed E-state index contributed by atoms with van der Waals surface area (Å²) in [6, 6.07) is 14.9. The van der Waals surface area contributed by atoms with Gasteiger partial charge >= 0.3 is 0 Å². The molecule has 9 nitrogen and oxygen atoms in total. The van der Waals surface area contributed by atoms with Crippen LogP contribution in [0.1, 0.15) is 11.1 Å². The van der Waals surface area contributed by atoms with Gasteiger partial charge in [0.15, 0.2) is 12.4 Å². The molecule has 0 atom stereocenters. The number of nitro benzene ring substituents is 1. The Hall–Kier alpha value is -4.10. The van der Waals surface area contributed by atoms with Gasteiger partial charge in [-0.3, -0.25) is 19.7 Å². The van der Waals surface area contributed by atoms with Crippen LogP contribution in [-0.2, 0) is 9.59 Å². The van der Waals surface area contributed by atoms with E-state index in [-0.39, 0.29) is 32.7 Å². The van der Waals surface area contributed by atoms with Gasteiger partial charge in [0.1, 0.15) is 11.6 Å². The Morgan fingerprint density at radius 3 is 2.32 bits per heavy atom. The van der Waals surface area contributed by atoms with Gasteiger partial charge in [0, 0.05) is 28.5 Å². The number of non-ortho nitro benzene ring substituents is 1. The molecule has 0 fully saturated rings. The third-order valence-corrected chi connectivity index (χ3v) is 5.78. The van der Waals surface area contributed by atoms with Crippen molar-refractivity contribution in [3.05, 3.63) is 96.5 Å². The first-order valence-corrected chi connectivity index (χ1v) is 11.6. The number of amides is 2. The highest BCUT2D eigenvalue weighted by Crippen LogP contribution is 2.35. The zero-order valence-corrected chi connectivity index (χ0v) is 21.3. The maximum absolute atomic E-state index is 12.5.